The summed E-state index contributed by atoms with van der Waals surface area (Å²) in [6.45, 7) is 8.23. The second-order valence-electron chi connectivity index (χ2n) is 9.26. The number of piperazine rings is 1. The van der Waals surface area contributed by atoms with E-state index in [4.69, 9.17) is 4.74 Å². The highest BCUT2D eigenvalue weighted by molar-refractivity contribution is 6.04. The molecule has 0 radical (unpaired) electrons. The Kier molecular flexibility index (Phi) is 10.9. The minimum Gasteiger partial charge on any atom is -0.494 e. The minimum atomic E-state index is -0.139. The van der Waals surface area contributed by atoms with Gasteiger partial charge in [0.15, 0.2) is 0 Å². The summed E-state index contributed by atoms with van der Waals surface area (Å²) in [6.07, 6.45) is 8.66. The van der Waals surface area contributed by atoms with Crippen molar-refractivity contribution in [1.29, 1.82) is 0 Å². The molecule has 0 aliphatic carbocycles. The standard InChI is InChI=1S/C29H41N3O3/c1-3-5-7-8-9-10-28(33)32-21-19-31(20-22-32)26-15-13-25(14-16-26)30-29(34)24-11-17-27(18-12-24)35-23-6-4-2/h11-18H,3-10,19-23H2,1-2H3,(H,30,34). The monoisotopic (exact) mass is 479 g/mol. The Bertz CT molecular complexity index is 904. The van der Waals surface area contributed by atoms with Gasteiger partial charge in [0.2, 0.25) is 5.91 Å². The molecule has 0 spiro atoms. The highest BCUT2D eigenvalue weighted by Gasteiger charge is 2.21. The number of nitrogens with one attached hydrogen (secondary N) is 1. The molecule has 0 unspecified atom stereocenters. The lowest BCUT2D eigenvalue weighted by molar-refractivity contribution is -0.131. The third-order valence-electron chi connectivity index (χ3n) is 6.50. The van der Waals surface area contributed by atoms with E-state index in [1.165, 1.54) is 19.3 Å². The molecule has 35 heavy (non-hydrogen) atoms. The fourth-order valence-corrected chi connectivity index (χ4v) is 4.25. The Hall–Kier alpha value is -3.02. The number of hydrogen-bond donors (Lipinski definition) is 1. The molecule has 0 saturated carbocycles. The summed E-state index contributed by atoms with van der Waals surface area (Å²) >= 11 is 0. The first-order valence-electron chi connectivity index (χ1n) is 13.3. The summed E-state index contributed by atoms with van der Waals surface area (Å²) in [5.41, 5.74) is 2.48. The van der Waals surface area contributed by atoms with Crippen molar-refractivity contribution in [2.24, 2.45) is 0 Å². The summed E-state index contributed by atoms with van der Waals surface area (Å²) in [6, 6.07) is 15.2. The minimum absolute atomic E-state index is 0.139. The van der Waals surface area contributed by atoms with Crippen molar-refractivity contribution in [1.82, 2.24) is 4.90 Å². The molecular formula is C29H41N3O3. The summed E-state index contributed by atoms with van der Waals surface area (Å²) in [5.74, 6) is 0.938. The molecule has 1 aliphatic rings. The Balaban J connectivity index is 1.42. The lowest BCUT2D eigenvalue weighted by Gasteiger charge is -2.36. The van der Waals surface area contributed by atoms with E-state index in [0.717, 1.165) is 69.0 Å². The van der Waals surface area contributed by atoms with E-state index in [9.17, 15) is 9.59 Å². The molecule has 1 aliphatic heterocycles. The summed E-state index contributed by atoms with van der Waals surface area (Å²) < 4.78 is 5.66. The zero-order valence-electron chi connectivity index (χ0n) is 21.4. The second-order valence-corrected chi connectivity index (χ2v) is 9.26. The van der Waals surface area contributed by atoms with Gasteiger partial charge in [-0.25, -0.2) is 0 Å². The maximum Gasteiger partial charge on any atom is 0.255 e. The fourth-order valence-electron chi connectivity index (χ4n) is 4.25. The van der Waals surface area contributed by atoms with Gasteiger partial charge in [-0.05, 0) is 61.4 Å². The highest BCUT2D eigenvalue weighted by Crippen LogP contribution is 2.21. The number of amides is 2. The molecule has 3 rings (SSSR count). The topological polar surface area (TPSA) is 61.9 Å². The van der Waals surface area contributed by atoms with E-state index < -0.39 is 0 Å². The number of rotatable bonds is 13. The Labute approximate surface area is 210 Å². The third kappa shape index (κ3) is 8.61. The van der Waals surface area contributed by atoms with E-state index in [1.807, 2.05) is 41.3 Å². The Morgan fingerprint density at radius 1 is 0.800 bits per heavy atom. The number of anilines is 2. The number of unbranched alkanes of at least 4 members (excludes halogenated alkanes) is 5. The molecule has 0 atom stereocenters. The first kappa shape index (κ1) is 26.6. The number of nitrogens with zero attached hydrogens (tertiary/aromatic N) is 2. The van der Waals surface area contributed by atoms with Gasteiger partial charge in [-0.2, -0.15) is 0 Å². The number of carbonyl (C=O) groups is 2. The van der Waals surface area contributed by atoms with Crippen molar-refractivity contribution >= 4 is 23.2 Å². The van der Waals surface area contributed by atoms with Crippen molar-refractivity contribution in [3.05, 3.63) is 54.1 Å². The highest BCUT2D eigenvalue weighted by atomic mass is 16.5. The number of ether oxygens (including phenoxy) is 1. The summed E-state index contributed by atoms with van der Waals surface area (Å²) in [7, 11) is 0. The molecule has 2 aromatic rings. The smallest absolute Gasteiger partial charge is 0.255 e. The first-order chi connectivity index (χ1) is 17.1. The Morgan fingerprint density at radius 2 is 1.46 bits per heavy atom. The summed E-state index contributed by atoms with van der Waals surface area (Å²) in [4.78, 5) is 29.4. The van der Waals surface area contributed by atoms with Crippen LogP contribution in [-0.4, -0.2) is 49.5 Å². The van der Waals surface area contributed by atoms with Crippen LogP contribution in [0.1, 0.15) is 75.6 Å². The van der Waals surface area contributed by atoms with E-state index in [1.54, 1.807) is 12.1 Å². The maximum absolute atomic E-state index is 12.6. The normalized spacial score (nSPS) is 13.5. The molecule has 1 saturated heterocycles. The predicted octanol–water partition coefficient (Wildman–Crippen LogP) is 6.13. The fraction of sp³-hybridized carbons (Fsp3) is 0.517. The molecule has 1 heterocycles. The van der Waals surface area contributed by atoms with Gasteiger partial charge in [-0.3, -0.25) is 9.59 Å². The molecule has 6 nitrogen and oxygen atoms in total. The van der Waals surface area contributed by atoms with Gasteiger partial charge in [0.25, 0.3) is 5.91 Å². The predicted molar refractivity (Wildman–Crippen MR) is 143 cm³/mol. The van der Waals surface area contributed by atoms with Crippen LogP contribution in [0.4, 0.5) is 11.4 Å². The van der Waals surface area contributed by atoms with Crippen molar-refractivity contribution < 1.29 is 14.3 Å². The van der Waals surface area contributed by atoms with Gasteiger partial charge in [0, 0.05) is 49.5 Å². The number of benzene rings is 2. The molecule has 0 aromatic heterocycles. The van der Waals surface area contributed by atoms with Gasteiger partial charge in [-0.15, -0.1) is 0 Å². The molecule has 1 fully saturated rings. The number of carbonyl (C=O) groups excluding carboxylic acids is 2. The van der Waals surface area contributed by atoms with Crippen LogP contribution in [0.25, 0.3) is 0 Å². The zero-order valence-corrected chi connectivity index (χ0v) is 21.4. The molecule has 2 aromatic carbocycles. The van der Waals surface area contributed by atoms with Crippen LogP contribution in [0, 0.1) is 0 Å². The maximum atomic E-state index is 12.6. The van der Waals surface area contributed by atoms with Gasteiger partial charge in [0.1, 0.15) is 5.75 Å². The average Bonchev–Trinajstić information content (AvgIpc) is 2.89. The third-order valence-corrected chi connectivity index (χ3v) is 6.50. The van der Waals surface area contributed by atoms with Crippen molar-refractivity contribution in [3.8, 4) is 5.75 Å². The molecule has 6 heteroatoms. The summed E-state index contributed by atoms with van der Waals surface area (Å²) in [5, 5.41) is 2.96. The molecular weight excluding hydrogens is 438 g/mol. The van der Waals surface area contributed by atoms with Crippen LogP contribution in [0.2, 0.25) is 0 Å². The van der Waals surface area contributed by atoms with Gasteiger partial charge < -0.3 is 19.9 Å². The van der Waals surface area contributed by atoms with Crippen molar-refractivity contribution in [3.63, 3.8) is 0 Å². The molecule has 1 N–H and O–H groups in total. The van der Waals surface area contributed by atoms with E-state index >= 15 is 0 Å². The van der Waals surface area contributed by atoms with Crippen LogP contribution < -0.4 is 15.0 Å². The first-order valence-corrected chi connectivity index (χ1v) is 13.3. The number of hydrogen-bond acceptors (Lipinski definition) is 4. The van der Waals surface area contributed by atoms with Crippen LogP contribution in [0.5, 0.6) is 5.75 Å². The van der Waals surface area contributed by atoms with Crippen LogP contribution >= 0.6 is 0 Å². The van der Waals surface area contributed by atoms with Gasteiger partial charge in [0.05, 0.1) is 6.61 Å². The van der Waals surface area contributed by atoms with Crippen molar-refractivity contribution in [2.45, 2.75) is 65.2 Å². The van der Waals surface area contributed by atoms with E-state index in [0.29, 0.717) is 24.5 Å². The second kappa shape index (κ2) is 14.4. The van der Waals surface area contributed by atoms with Crippen LogP contribution in [0.15, 0.2) is 48.5 Å². The van der Waals surface area contributed by atoms with E-state index in [-0.39, 0.29) is 5.91 Å². The van der Waals surface area contributed by atoms with Crippen molar-refractivity contribution in [2.75, 3.05) is 43.0 Å². The SMILES string of the molecule is CCCCCCCC(=O)N1CCN(c2ccc(NC(=O)c3ccc(OCCCC)cc3)cc2)CC1. The van der Waals surface area contributed by atoms with Gasteiger partial charge >= 0.3 is 0 Å². The van der Waals surface area contributed by atoms with E-state index in [2.05, 4.69) is 24.1 Å². The lowest BCUT2D eigenvalue weighted by atomic mass is 10.1. The molecule has 0 bridgehead atoms. The Morgan fingerprint density at radius 3 is 2.11 bits per heavy atom. The molecule has 2 amide bonds. The largest absolute Gasteiger partial charge is 0.494 e. The van der Waals surface area contributed by atoms with Gasteiger partial charge in [-0.1, -0.05) is 46.0 Å². The molecule has 190 valence electrons. The average molecular weight is 480 g/mol. The van der Waals surface area contributed by atoms with Crippen LogP contribution in [-0.2, 0) is 4.79 Å². The van der Waals surface area contributed by atoms with Crippen LogP contribution in [0.3, 0.4) is 0 Å². The quantitative estimate of drug-likeness (QED) is 0.351. The lowest BCUT2D eigenvalue weighted by Crippen LogP contribution is -2.48. The zero-order chi connectivity index (χ0) is 24.9.